The highest BCUT2D eigenvalue weighted by atomic mass is 19.1. The summed E-state index contributed by atoms with van der Waals surface area (Å²) < 4.78 is 24.6. The van der Waals surface area contributed by atoms with Gasteiger partial charge in [-0.25, -0.2) is 4.39 Å². The maximum absolute atomic E-state index is 13.7. The van der Waals surface area contributed by atoms with Crippen molar-refractivity contribution in [1.29, 1.82) is 0 Å². The van der Waals surface area contributed by atoms with Crippen LogP contribution in [0.5, 0.6) is 0 Å². The van der Waals surface area contributed by atoms with Gasteiger partial charge in [-0.2, -0.15) is 4.98 Å². The minimum Gasteiger partial charge on any atom is -0.420 e. The second-order valence-corrected chi connectivity index (χ2v) is 6.45. The van der Waals surface area contributed by atoms with Gasteiger partial charge in [-0.3, -0.25) is 0 Å². The molecule has 0 saturated heterocycles. The summed E-state index contributed by atoms with van der Waals surface area (Å²) in [6, 6.07) is 10.8. The second-order valence-electron chi connectivity index (χ2n) is 6.45. The van der Waals surface area contributed by atoms with Gasteiger partial charge in [0.15, 0.2) is 0 Å². The van der Waals surface area contributed by atoms with Gasteiger partial charge in [-0.1, -0.05) is 23.4 Å². The van der Waals surface area contributed by atoms with Crippen LogP contribution in [-0.4, -0.2) is 20.3 Å². The number of aromatic nitrogens is 4. The first-order valence-electron chi connectivity index (χ1n) is 8.49. The lowest BCUT2D eigenvalue weighted by atomic mass is 10.1. The van der Waals surface area contributed by atoms with Crippen LogP contribution in [0.4, 0.5) is 4.39 Å². The molecule has 2 aromatic carbocycles. The quantitative estimate of drug-likeness (QED) is 0.533. The molecular formula is C20H17FN4O2. The first-order valence-corrected chi connectivity index (χ1v) is 8.49. The third kappa shape index (κ3) is 3.48. The van der Waals surface area contributed by atoms with Crippen molar-refractivity contribution in [3.63, 3.8) is 0 Å². The van der Waals surface area contributed by atoms with Crippen LogP contribution < -0.4 is 0 Å². The maximum Gasteiger partial charge on any atom is 0.247 e. The lowest BCUT2D eigenvalue weighted by molar-refractivity contribution is 0.374. The molecule has 0 aliphatic heterocycles. The first kappa shape index (κ1) is 17.1. The van der Waals surface area contributed by atoms with E-state index in [9.17, 15) is 4.39 Å². The normalized spacial score (nSPS) is 11.1. The van der Waals surface area contributed by atoms with Gasteiger partial charge in [0.2, 0.25) is 23.5 Å². The Hall–Kier alpha value is -3.35. The second kappa shape index (κ2) is 6.75. The summed E-state index contributed by atoms with van der Waals surface area (Å²) in [6.07, 6.45) is 0.208. The molecule has 0 spiro atoms. The summed E-state index contributed by atoms with van der Waals surface area (Å²) in [5.74, 6) is 1.13. The van der Waals surface area contributed by atoms with Crippen LogP contribution in [0, 0.1) is 26.6 Å². The summed E-state index contributed by atoms with van der Waals surface area (Å²) in [5, 5.41) is 12.0. The Kier molecular flexibility index (Phi) is 4.27. The topological polar surface area (TPSA) is 77.8 Å². The Bertz CT molecular complexity index is 1030. The average molecular weight is 364 g/mol. The van der Waals surface area contributed by atoms with E-state index in [1.54, 1.807) is 19.1 Å². The molecule has 0 radical (unpaired) electrons. The zero-order valence-corrected chi connectivity index (χ0v) is 15.2. The fourth-order valence-corrected chi connectivity index (χ4v) is 2.62. The van der Waals surface area contributed by atoms with Crippen molar-refractivity contribution in [3.05, 3.63) is 70.7 Å². The van der Waals surface area contributed by atoms with Crippen LogP contribution in [-0.2, 0) is 6.42 Å². The molecule has 0 unspecified atom stereocenters. The molecule has 0 fully saturated rings. The largest absolute Gasteiger partial charge is 0.420 e. The van der Waals surface area contributed by atoms with Crippen molar-refractivity contribution in [2.45, 2.75) is 27.2 Å². The predicted molar refractivity (Wildman–Crippen MR) is 96.4 cm³/mol. The molecule has 4 aromatic rings. The minimum atomic E-state index is -0.317. The van der Waals surface area contributed by atoms with Gasteiger partial charge in [0.05, 0.1) is 0 Å². The fourth-order valence-electron chi connectivity index (χ4n) is 2.62. The highest BCUT2D eigenvalue weighted by molar-refractivity contribution is 5.56. The summed E-state index contributed by atoms with van der Waals surface area (Å²) in [7, 11) is 0. The van der Waals surface area contributed by atoms with Crippen LogP contribution in [0.1, 0.15) is 28.5 Å². The summed E-state index contributed by atoms with van der Waals surface area (Å²) >= 11 is 0. The molecule has 0 N–H and O–H groups in total. The van der Waals surface area contributed by atoms with E-state index in [1.807, 2.05) is 32.0 Å². The van der Waals surface area contributed by atoms with E-state index in [0.717, 1.165) is 11.1 Å². The van der Waals surface area contributed by atoms with Crippen LogP contribution in [0.25, 0.3) is 22.8 Å². The number of hydrogen-bond acceptors (Lipinski definition) is 6. The van der Waals surface area contributed by atoms with E-state index in [1.165, 1.54) is 11.6 Å². The van der Waals surface area contributed by atoms with Crippen molar-refractivity contribution in [2.24, 2.45) is 0 Å². The third-order valence-electron chi connectivity index (χ3n) is 4.42. The van der Waals surface area contributed by atoms with Gasteiger partial charge >= 0.3 is 0 Å². The van der Waals surface area contributed by atoms with Gasteiger partial charge in [-0.05, 0) is 55.7 Å². The molecule has 2 heterocycles. The molecule has 6 nitrogen and oxygen atoms in total. The Morgan fingerprint density at radius 2 is 1.63 bits per heavy atom. The number of aryl methyl sites for hydroxylation is 3. The molecule has 0 bridgehead atoms. The smallest absolute Gasteiger partial charge is 0.247 e. The maximum atomic E-state index is 13.7. The molecule has 0 aliphatic rings. The van der Waals surface area contributed by atoms with Gasteiger partial charge < -0.3 is 8.94 Å². The summed E-state index contributed by atoms with van der Waals surface area (Å²) in [4.78, 5) is 4.39. The molecule has 7 heteroatoms. The van der Waals surface area contributed by atoms with Crippen molar-refractivity contribution < 1.29 is 13.3 Å². The van der Waals surface area contributed by atoms with E-state index in [2.05, 4.69) is 20.3 Å². The van der Waals surface area contributed by atoms with Crippen LogP contribution in [0.2, 0.25) is 0 Å². The lowest BCUT2D eigenvalue weighted by Gasteiger charge is -2.00. The zero-order chi connectivity index (χ0) is 19.0. The van der Waals surface area contributed by atoms with Crippen molar-refractivity contribution in [2.75, 3.05) is 0 Å². The number of benzene rings is 2. The lowest BCUT2D eigenvalue weighted by Crippen LogP contribution is -1.89. The molecule has 27 heavy (non-hydrogen) atoms. The standard InChI is InChI=1S/C20H17FN4O2/c1-11-4-6-14(8-13(11)3)19-22-17(27-25-19)10-18-23-24-20(26-18)15-7-5-12(2)16(21)9-15/h4-9H,10H2,1-3H3. The summed E-state index contributed by atoms with van der Waals surface area (Å²) in [6.45, 7) is 5.78. The first-order chi connectivity index (χ1) is 13.0. The van der Waals surface area contributed by atoms with E-state index in [4.69, 9.17) is 8.94 Å². The number of nitrogens with zero attached hydrogens (tertiary/aromatic N) is 4. The Balaban J connectivity index is 1.53. The Labute approximate surface area is 155 Å². The van der Waals surface area contributed by atoms with Gasteiger partial charge in [0.1, 0.15) is 12.2 Å². The van der Waals surface area contributed by atoms with Crippen LogP contribution in [0.15, 0.2) is 45.3 Å². The van der Waals surface area contributed by atoms with Crippen molar-refractivity contribution in [3.8, 4) is 22.8 Å². The van der Waals surface area contributed by atoms with Crippen LogP contribution >= 0.6 is 0 Å². The Morgan fingerprint density at radius 1 is 0.852 bits per heavy atom. The summed E-state index contributed by atoms with van der Waals surface area (Å²) in [5.41, 5.74) is 4.33. The predicted octanol–water partition coefficient (Wildman–Crippen LogP) is 4.44. The molecule has 0 saturated carbocycles. The number of halogens is 1. The van der Waals surface area contributed by atoms with Gasteiger partial charge in [0, 0.05) is 11.1 Å². The molecule has 136 valence electrons. The monoisotopic (exact) mass is 364 g/mol. The van der Waals surface area contributed by atoms with Crippen molar-refractivity contribution in [1.82, 2.24) is 20.3 Å². The highest BCUT2D eigenvalue weighted by Gasteiger charge is 2.15. The number of rotatable bonds is 4. The third-order valence-corrected chi connectivity index (χ3v) is 4.42. The molecule has 0 aliphatic carbocycles. The highest BCUT2D eigenvalue weighted by Crippen LogP contribution is 2.23. The van der Waals surface area contributed by atoms with Gasteiger partial charge in [-0.15, -0.1) is 10.2 Å². The molecule has 0 amide bonds. The fraction of sp³-hybridized carbons (Fsp3) is 0.200. The Morgan fingerprint density at radius 3 is 2.41 bits per heavy atom. The van der Waals surface area contributed by atoms with Gasteiger partial charge in [0.25, 0.3) is 0 Å². The van der Waals surface area contributed by atoms with Crippen LogP contribution in [0.3, 0.4) is 0 Å². The van der Waals surface area contributed by atoms with E-state index in [-0.39, 0.29) is 18.1 Å². The van der Waals surface area contributed by atoms with E-state index in [0.29, 0.717) is 28.7 Å². The molecule has 2 aromatic heterocycles. The van der Waals surface area contributed by atoms with E-state index < -0.39 is 0 Å². The number of hydrogen-bond donors (Lipinski definition) is 0. The minimum absolute atomic E-state index is 0.208. The van der Waals surface area contributed by atoms with E-state index >= 15 is 0 Å². The molecule has 0 atom stereocenters. The molecular weight excluding hydrogens is 347 g/mol. The zero-order valence-electron chi connectivity index (χ0n) is 15.2. The SMILES string of the molecule is Cc1ccc(-c2noc(Cc3nnc(-c4ccc(C)c(F)c4)o3)n2)cc1C. The van der Waals surface area contributed by atoms with Crippen molar-refractivity contribution >= 4 is 0 Å². The molecule has 4 rings (SSSR count). The average Bonchev–Trinajstić information content (AvgIpc) is 3.30.